The quantitative estimate of drug-likeness (QED) is 0.164. The van der Waals surface area contributed by atoms with Crippen molar-refractivity contribution < 1.29 is 14.3 Å². The predicted octanol–water partition coefficient (Wildman–Crippen LogP) is 5.40. The van der Waals surface area contributed by atoms with Crippen LogP contribution in [0.1, 0.15) is 45.9 Å². The molecule has 33 heavy (non-hydrogen) atoms. The summed E-state index contributed by atoms with van der Waals surface area (Å²) in [6.45, 7) is 5.83. The van der Waals surface area contributed by atoms with Gasteiger partial charge in [0, 0.05) is 39.6 Å². The van der Waals surface area contributed by atoms with E-state index in [1.807, 2.05) is 56.3 Å². The molecule has 0 fully saturated rings. The third kappa shape index (κ3) is 5.14. The molecule has 1 N–H and O–H groups in total. The number of thioether (sulfide) groups is 1. The molecule has 0 aliphatic carbocycles. The van der Waals surface area contributed by atoms with Crippen molar-refractivity contribution in [1.29, 1.82) is 0 Å². The number of fused-ring (bicyclic) bond motifs is 1. The third-order valence-electron chi connectivity index (χ3n) is 5.32. The smallest absolute Gasteiger partial charge is 0.317 e. The van der Waals surface area contributed by atoms with Gasteiger partial charge in [0.25, 0.3) is 0 Å². The molecule has 0 aliphatic rings. The molecule has 0 saturated carbocycles. The van der Waals surface area contributed by atoms with Gasteiger partial charge in [0.05, 0.1) is 5.75 Å². The summed E-state index contributed by atoms with van der Waals surface area (Å²) in [6.07, 6.45) is 1.51. The number of hydrogen-bond donors (Lipinski definition) is 1. The lowest BCUT2D eigenvalue weighted by Crippen LogP contribution is -2.21. The first-order valence-corrected chi connectivity index (χ1v) is 11.8. The summed E-state index contributed by atoms with van der Waals surface area (Å²) in [6, 6.07) is 16.9. The summed E-state index contributed by atoms with van der Waals surface area (Å²) < 4.78 is 5.73. The van der Waals surface area contributed by atoms with E-state index in [-0.39, 0.29) is 11.5 Å². The molecule has 1 atom stereocenters. The highest BCUT2D eigenvalue weighted by Gasteiger charge is 2.28. The molecule has 0 amide bonds. The number of Topliss-reactive ketones (excluding diaryl/α,β-unsaturated/α-hetero) is 1. The second-order valence-corrected chi connectivity index (χ2v) is 8.70. The van der Waals surface area contributed by atoms with Gasteiger partial charge in [-0.3, -0.25) is 9.59 Å². The van der Waals surface area contributed by atoms with Crippen LogP contribution in [0.15, 0.2) is 66.0 Å². The average molecular weight is 460 g/mol. The minimum absolute atomic E-state index is 0.00732. The zero-order chi connectivity index (χ0) is 23.4. The Bertz CT molecular complexity index is 1280. The molecule has 2 aromatic heterocycles. The Balaban J connectivity index is 1.58. The molecule has 0 spiro atoms. The first-order valence-electron chi connectivity index (χ1n) is 10.8. The van der Waals surface area contributed by atoms with E-state index in [2.05, 4.69) is 21.9 Å². The van der Waals surface area contributed by atoms with Gasteiger partial charge >= 0.3 is 5.97 Å². The highest BCUT2D eigenvalue weighted by molar-refractivity contribution is 7.99. The fourth-order valence-corrected chi connectivity index (χ4v) is 4.54. The third-order valence-corrected chi connectivity index (χ3v) is 6.14. The van der Waals surface area contributed by atoms with Crippen molar-refractivity contribution in [3.8, 4) is 0 Å². The Kier molecular flexibility index (Phi) is 6.89. The molecule has 2 aromatic carbocycles. The molecule has 4 rings (SSSR count). The van der Waals surface area contributed by atoms with E-state index in [1.54, 1.807) is 18.3 Å². The van der Waals surface area contributed by atoms with Crippen molar-refractivity contribution in [2.24, 2.45) is 0 Å². The molecule has 7 heteroatoms. The van der Waals surface area contributed by atoms with E-state index < -0.39 is 12.1 Å². The lowest BCUT2D eigenvalue weighted by molar-refractivity contribution is -0.144. The molecule has 0 radical (unpaired) electrons. The number of aromatic nitrogens is 3. The SMILES string of the molecule is CCc1cccc2c(C(=O)[C@@H](OC(=O)CSc3nc(C)cc(C)n3)c3ccccc3)c[nH]c12. The lowest BCUT2D eigenvalue weighted by atomic mass is 9.98. The number of ether oxygens (including phenoxy) is 1. The zero-order valence-electron chi connectivity index (χ0n) is 18.8. The average Bonchev–Trinajstić information content (AvgIpc) is 3.25. The summed E-state index contributed by atoms with van der Waals surface area (Å²) in [5.74, 6) is -0.756. The summed E-state index contributed by atoms with van der Waals surface area (Å²) >= 11 is 1.20. The molecule has 168 valence electrons. The van der Waals surface area contributed by atoms with Gasteiger partial charge in [-0.15, -0.1) is 0 Å². The fourth-order valence-electron chi connectivity index (χ4n) is 3.80. The van der Waals surface area contributed by atoms with E-state index in [1.165, 1.54) is 11.8 Å². The topological polar surface area (TPSA) is 84.9 Å². The van der Waals surface area contributed by atoms with Gasteiger partial charge in [-0.05, 0) is 31.9 Å². The number of rotatable bonds is 8. The van der Waals surface area contributed by atoms with Crippen LogP contribution in [0.25, 0.3) is 10.9 Å². The number of hydrogen-bond acceptors (Lipinski definition) is 6. The van der Waals surface area contributed by atoms with Gasteiger partial charge in [-0.1, -0.05) is 67.2 Å². The maximum atomic E-state index is 13.6. The second-order valence-electron chi connectivity index (χ2n) is 7.76. The van der Waals surface area contributed by atoms with Crippen LogP contribution in [0, 0.1) is 13.8 Å². The maximum Gasteiger partial charge on any atom is 0.317 e. The minimum Gasteiger partial charge on any atom is -0.448 e. The Hall–Kier alpha value is -3.45. The van der Waals surface area contributed by atoms with E-state index in [4.69, 9.17) is 4.74 Å². The number of para-hydroxylation sites is 1. The van der Waals surface area contributed by atoms with Gasteiger partial charge in [-0.2, -0.15) is 0 Å². The maximum absolute atomic E-state index is 13.6. The van der Waals surface area contributed by atoms with Crippen molar-refractivity contribution in [3.63, 3.8) is 0 Å². The van der Waals surface area contributed by atoms with Crippen LogP contribution in [0.2, 0.25) is 0 Å². The van der Waals surface area contributed by atoms with Gasteiger partial charge in [0.2, 0.25) is 5.78 Å². The Morgan fingerprint density at radius 1 is 1.03 bits per heavy atom. The number of esters is 1. The van der Waals surface area contributed by atoms with E-state index in [0.717, 1.165) is 34.3 Å². The van der Waals surface area contributed by atoms with Crippen molar-refractivity contribution in [2.45, 2.75) is 38.5 Å². The van der Waals surface area contributed by atoms with Crippen LogP contribution in [-0.4, -0.2) is 32.5 Å². The number of H-pyrrole nitrogens is 1. The van der Waals surface area contributed by atoms with Gasteiger partial charge in [0.1, 0.15) is 0 Å². The summed E-state index contributed by atoms with van der Waals surface area (Å²) in [7, 11) is 0. The predicted molar refractivity (Wildman–Crippen MR) is 130 cm³/mol. The highest BCUT2D eigenvalue weighted by atomic mass is 32.2. The summed E-state index contributed by atoms with van der Waals surface area (Å²) in [4.78, 5) is 38.2. The van der Waals surface area contributed by atoms with Crippen molar-refractivity contribution >= 4 is 34.4 Å². The number of aryl methyl sites for hydroxylation is 3. The monoisotopic (exact) mass is 459 g/mol. The van der Waals surface area contributed by atoms with Crippen LogP contribution < -0.4 is 0 Å². The minimum atomic E-state index is -1.04. The second kappa shape index (κ2) is 10.0. The molecular formula is C26H25N3O3S. The van der Waals surface area contributed by atoms with Crippen LogP contribution in [0.4, 0.5) is 0 Å². The molecular weight excluding hydrogens is 434 g/mol. The highest BCUT2D eigenvalue weighted by Crippen LogP contribution is 2.29. The van der Waals surface area contributed by atoms with E-state index in [9.17, 15) is 9.59 Å². The molecule has 0 saturated heterocycles. The molecule has 4 aromatic rings. The number of aromatic amines is 1. The number of carbonyl (C=O) groups excluding carboxylic acids is 2. The molecule has 6 nitrogen and oxygen atoms in total. The van der Waals surface area contributed by atoms with Gasteiger partial charge in [0.15, 0.2) is 11.3 Å². The normalized spacial score (nSPS) is 12.0. The molecule has 0 unspecified atom stereocenters. The number of nitrogens with one attached hydrogen (secondary N) is 1. The Morgan fingerprint density at radius 3 is 2.45 bits per heavy atom. The van der Waals surface area contributed by atoms with Crippen LogP contribution in [-0.2, 0) is 16.0 Å². The van der Waals surface area contributed by atoms with Gasteiger partial charge < -0.3 is 9.72 Å². The molecule has 0 bridgehead atoms. The lowest BCUT2D eigenvalue weighted by Gasteiger charge is -2.17. The Morgan fingerprint density at radius 2 is 1.76 bits per heavy atom. The number of carbonyl (C=O) groups is 2. The van der Waals surface area contributed by atoms with Crippen LogP contribution in [0.3, 0.4) is 0 Å². The summed E-state index contributed by atoms with van der Waals surface area (Å²) in [5, 5.41) is 1.34. The van der Waals surface area contributed by atoms with Crippen LogP contribution in [0.5, 0.6) is 0 Å². The molecule has 0 aliphatic heterocycles. The largest absolute Gasteiger partial charge is 0.448 e. The number of benzene rings is 2. The zero-order valence-corrected chi connectivity index (χ0v) is 19.6. The number of nitrogens with zero attached hydrogens (tertiary/aromatic N) is 2. The molecule has 2 heterocycles. The number of ketones is 1. The van der Waals surface area contributed by atoms with Crippen molar-refractivity contribution in [2.75, 3.05) is 5.75 Å². The van der Waals surface area contributed by atoms with Crippen LogP contribution >= 0.6 is 11.8 Å². The Labute approximate surface area is 196 Å². The van der Waals surface area contributed by atoms with Crippen molar-refractivity contribution in [3.05, 3.63) is 88.9 Å². The van der Waals surface area contributed by atoms with E-state index in [0.29, 0.717) is 16.3 Å². The summed E-state index contributed by atoms with van der Waals surface area (Å²) in [5.41, 5.74) is 4.87. The first kappa shape index (κ1) is 22.7. The van der Waals surface area contributed by atoms with E-state index >= 15 is 0 Å². The standard InChI is InChI=1S/C26H25N3O3S/c1-4-18-11-8-12-20-21(14-27-23(18)20)24(31)25(19-9-6-5-7-10-19)32-22(30)15-33-26-28-16(2)13-17(3)29-26/h5-14,25,27H,4,15H2,1-3H3/t25-/m0/s1. The van der Waals surface area contributed by atoms with Gasteiger partial charge in [-0.25, -0.2) is 9.97 Å². The van der Waals surface area contributed by atoms with Crippen molar-refractivity contribution in [1.82, 2.24) is 15.0 Å². The fraction of sp³-hybridized carbons (Fsp3) is 0.231. The first-order chi connectivity index (χ1) is 16.0.